The SMILES string of the molecule is COC(=O)c1ccc(CSc2nnc(NC(=O)c3ccc(-c4cccc(C(F)(F)F)c4)o3)s2)cc1. The summed E-state index contributed by atoms with van der Waals surface area (Å²) >= 11 is 2.57. The van der Waals surface area contributed by atoms with Crippen molar-refractivity contribution in [3.8, 4) is 11.3 Å². The van der Waals surface area contributed by atoms with Crippen LogP contribution in [-0.4, -0.2) is 29.2 Å². The van der Waals surface area contributed by atoms with Crippen LogP contribution in [0.3, 0.4) is 0 Å². The number of esters is 1. The van der Waals surface area contributed by atoms with Gasteiger partial charge in [0.15, 0.2) is 10.1 Å². The minimum atomic E-state index is -4.48. The number of alkyl halides is 3. The molecule has 0 saturated carbocycles. The van der Waals surface area contributed by atoms with Crippen LogP contribution in [0.2, 0.25) is 0 Å². The Balaban J connectivity index is 1.36. The zero-order valence-electron chi connectivity index (χ0n) is 18.0. The number of hydrogen-bond acceptors (Lipinski definition) is 8. The van der Waals surface area contributed by atoms with Gasteiger partial charge in [-0.1, -0.05) is 47.4 Å². The van der Waals surface area contributed by atoms with E-state index in [0.29, 0.717) is 15.7 Å². The van der Waals surface area contributed by atoms with E-state index >= 15 is 0 Å². The number of benzene rings is 2. The molecule has 1 amide bonds. The number of carbonyl (C=O) groups is 2. The van der Waals surface area contributed by atoms with E-state index in [1.54, 1.807) is 12.1 Å². The average Bonchev–Trinajstić information content (AvgIpc) is 3.52. The van der Waals surface area contributed by atoms with Crippen LogP contribution >= 0.6 is 23.1 Å². The van der Waals surface area contributed by atoms with Crippen LogP contribution in [0.25, 0.3) is 11.3 Å². The van der Waals surface area contributed by atoms with Crippen LogP contribution in [0, 0.1) is 0 Å². The fraction of sp³-hybridized carbons (Fsp3) is 0.130. The van der Waals surface area contributed by atoms with Crippen molar-refractivity contribution in [1.82, 2.24) is 10.2 Å². The third-order valence-corrected chi connectivity index (χ3v) is 6.71. The molecule has 0 radical (unpaired) electrons. The maximum absolute atomic E-state index is 12.9. The molecule has 0 aliphatic heterocycles. The first-order valence-electron chi connectivity index (χ1n) is 9.95. The number of halogens is 3. The monoisotopic (exact) mass is 519 g/mol. The minimum absolute atomic E-state index is 0.0764. The first-order chi connectivity index (χ1) is 16.7. The van der Waals surface area contributed by atoms with Crippen molar-refractivity contribution in [3.05, 3.63) is 83.1 Å². The number of ether oxygens (including phenoxy) is 1. The number of furan rings is 1. The zero-order valence-corrected chi connectivity index (χ0v) is 19.6. The van der Waals surface area contributed by atoms with Gasteiger partial charge in [-0.3, -0.25) is 10.1 Å². The van der Waals surface area contributed by atoms with Crippen LogP contribution in [0.1, 0.15) is 32.0 Å². The zero-order chi connectivity index (χ0) is 25.0. The van der Waals surface area contributed by atoms with Gasteiger partial charge in [0.05, 0.1) is 18.2 Å². The fourth-order valence-electron chi connectivity index (χ4n) is 2.94. The second kappa shape index (κ2) is 10.3. The van der Waals surface area contributed by atoms with Gasteiger partial charge in [-0.05, 0) is 42.0 Å². The number of carbonyl (C=O) groups excluding carboxylic acids is 2. The van der Waals surface area contributed by atoms with Crippen molar-refractivity contribution in [2.24, 2.45) is 0 Å². The molecule has 0 fully saturated rings. The number of hydrogen-bond donors (Lipinski definition) is 1. The third kappa shape index (κ3) is 6.08. The summed E-state index contributed by atoms with van der Waals surface area (Å²) in [6.07, 6.45) is -4.48. The van der Waals surface area contributed by atoms with Gasteiger partial charge in [0.2, 0.25) is 5.13 Å². The molecule has 0 bridgehead atoms. The van der Waals surface area contributed by atoms with E-state index in [-0.39, 0.29) is 22.2 Å². The highest BCUT2D eigenvalue weighted by Gasteiger charge is 2.30. The number of rotatable bonds is 7. The highest BCUT2D eigenvalue weighted by atomic mass is 32.2. The molecule has 0 aliphatic rings. The molecule has 0 spiro atoms. The summed E-state index contributed by atoms with van der Waals surface area (Å²) in [5.41, 5.74) is 0.807. The highest BCUT2D eigenvalue weighted by molar-refractivity contribution is 8.00. The number of aromatic nitrogens is 2. The summed E-state index contributed by atoms with van der Waals surface area (Å²) in [5, 5.41) is 10.8. The number of amides is 1. The molecule has 2 aromatic carbocycles. The maximum Gasteiger partial charge on any atom is 0.416 e. The minimum Gasteiger partial charge on any atom is -0.465 e. The molecule has 1 N–H and O–H groups in total. The number of anilines is 1. The lowest BCUT2D eigenvalue weighted by Gasteiger charge is -2.07. The summed E-state index contributed by atoms with van der Waals surface area (Å²) in [7, 11) is 1.32. The molecule has 0 aliphatic carbocycles. The molecule has 7 nitrogen and oxygen atoms in total. The summed E-state index contributed by atoms with van der Waals surface area (Å²) in [6, 6.07) is 14.4. The van der Waals surface area contributed by atoms with E-state index < -0.39 is 23.6 Å². The Morgan fingerprint density at radius 3 is 2.57 bits per heavy atom. The van der Waals surface area contributed by atoms with Crippen LogP contribution < -0.4 is 5.32 Å². The molecule has 12 heteroatoms. The maximum atomic E-state index is 12.9. The normalized spacial score (nSPS) is 11.3. The number of thioether (sulfide) groups is 1. The van der Waals surface area contributed by atoms with Gasteiger partial charge >= 0.3 is 12.1 Å². The van der Waals surface area contributed by atoms with Crippen LogP contribution in [0.4, 0.5) is 18.3 Å². The Kier molecular flexibility index (Phi) is 7.22. The van der Waals surface area contributed by atoms with Crippen molar-refractivity contribution < 1.29 is 31.9 Å². The second-order valence-electron chi connectivity index (χ2n) is 7.05. The molecule has 0 atom stereocenters. The van der Waals surface area contributed by atoms with Crippen molar-refractivity contribution in [3.63, 3.8) is 0 Å². The fourth-order valence-corrected chi connectivity index (χ4v) is 4.64. The summed E-state index contributed by atoms with van der Waals surface area (Å²) in [6.45, 7) is 0. The first-order valence-corrected chi connectivity index (χ1v) is 11.8. The quantitative estimate of drug-likeness (QED) is 0.178. The van der Waals surface area contributed by atoms with Gasteiger partial charge in [-0.25, -0.2) is 4.79 Å². The Morgan fingerprint density at radius 1 is 1.09 bits per heavy atom. The molecule has 0 saturated heterocycles. The van der Waals surface area contributed by atoms with Gasteiger partial charge < -0.3 is 9.15 Å². The van der Waals surface area contributed by atoms with Crippen molar-refractivity contribution >= 4 is 40.1 Å². The molecule has 0 unspecified atom stereocenters. The van der Waals surface area contributed by atoms with Crippen LogP contribution in [0.5, 0.6) is 0 Å². The van der Waals surface area contributed by atoms with Gasteiger partial charge in [-0.2, -0.15) is 13.2 Å². The number of methoxy groups -OCH3 is 1. The smallest absolute Gasteiger partial charge is 0.416 e. The van der Waals surface area contributed by atoms with E-state index in [2.05, 4.69) is 20.3 Å². The number of nitrogens with zero attached hydrogens (tertiary/aromatic N) is 2. The Bertz CT molecular complexity index is 1350. The summed E-state index contributed by atoms with van der Waals surface area (Å²) in [5.74, 6) is -0.384. The van der Waals surface area contributed by atoms with Gasteiger partial charge in [0, 0.05) is 11.3 Å². The van der Waals surface area contributed by atoms with Crippen LogP contribution in [0.15, 0.2) is 69.4 Å². The second-order valence-corrected chi connectivity index (χ2v) is 9.25. The van der Waals surface area contributed by atoms with E-state index in [1.807, 2.05) is 12.1 Å². The predicted molar refractivity (Wildman–Crippen MR) is 124 cm³/mol. The molecule has 180 valence electrons. The van der Waals surface area contributed by atoms with Gasteiger partial charge in [0.1, 0.15) is 5.76 Å². The first kappa shape index (κ1) is 24.5. The average molecular weight is 520 g/mol. The molecule has 4 rings (SSSR count). The standard InChI is InChI=1S/C23H16F3N3O4S2/c1-32-20(31)14-7-5-13(6-8-14)12-34-22-29-28-21(35-22)27-19(30)18-10-9-17(33-18)15-3-2-4-16(11-15)23(24,25)26/h2-11H,12H2,1H3,(H,27,28,30). The molecule has 35 heavy (non-hydrogen) atoms. The molecule has 2 aromatic heterocycles. The predicted octanol–water partition coefficient (Wildman–Crippen LogP) is 6.15. The molecule has 2 heterocycles. The number of nitrogens with one attached hydrogen (secondary N) is 1. The van der Waals surface area contributed by atoms with Crippen LogP contribution in [-0.2, 0) is 16.7 Å². The molecule has 4 aromatic rings. The van der Waals surface area contributed by atoms with E-state index in [9.17, 15) is 22.8 Å². The van der Waals surface area contributed by atoms with Crippen molar-refractivity contribution in [2.45, 2.75) is 16.3 Å². The highest BCUT2D eigenvalue weighted by Crippen LogP contribution is 2.33. The molecular weight excluding hydrogens is 503 g/mol. The Hall–Kier alpha value is -3.64. The molecular formula is C23H16F3N3O4S2. The van der Waals surface area contributed by atoms with Gasteiger partial charge in [0.25, 0.3) is 5.91 Å². The van der Waals surface area contributed by atoms with E-state index in [4.69, 9.17) is 4.42 Å². The largest absolute Gasteiger partial charge is 0.465 e. The van der Waals surface area contributed by atoms with E-state index in [1.165, 1.54) is 43.1 Å². The Morgan fingerprint density at radius 2 is 1.86 bits per heavy atom. The van der Waals surface area contributed by atoms with Crippen molar-refractivity contribution in [2.75, 3.05) is 12.4 Å². The lowest BCUT2D eigenvalue weighted by atomic mass is 10.1. The summed E-state index contributed by atoms with van der Waals surface area (Å²) in [4.78, 5) is 24.0. The topological polar surface area (TPSA) is 94.3 Å². The third-order valence-electron chi connectivity index (χ3n) is 4.67. The van der Waals surface area contributed by atoms with Crippen molar-refractivity contribution in [1.29, 1.82) is 0 Å². The lowest BCUT2D eigenvalue weighted by molar-refractivity contribution is -0.137. The lowest BCUT2D eigenvalue weighted by Crippen LogP contribution is -2.10. The summed E-state index contributed by atoms with van der Waals surface area (Å²) < 4.78 is 49.6. The van der Waals surface area contributed by atoms with Gasteiger partial charge in [-0.15, -0.1) is 10.2 Å². The Labute approximate surface area is 205 Å². The van der Waals surface area contributed by atoms with E-state index in [0.717, 1.165) is 29.0 Å².